The van der Waals surface area contributed by atoms with Gasteiger partial charge in [-0.1, -0.05) is 57.9 Å². The Labute approximate surface area is 152 Å². The highest BCUT2D eigenvalue weighted by Crippen LogP contribution is 2.36. The van der Waals surface area contributed by atoms with Crippen molar-refractivity contribution < 1.29 is 4.74 Å². The summed E-state index contributed by atoms with van der Waals surface area (Å²) in [7, 11) is 0. The molecule has 2 aromatic carbocycles. The Kier molecular flexibility index (Phi) is 5.68. The number of morpholine rings is 1. The number of ether oxygens (including phenoxy) is 1. The van der Waals surface area contributed by atoms with Gasteiger partial charge in [-0.15, -0.1) is 0 Å². The monoisotopic (exact) mass is 384 g/mol. The lowest BCUT2D eigenvalue weighted by Crippen LogP contribution is -2.41. The fourth-order valence-electron chi connectivity index (χ4n) is 3.23. The lowest BCUT2D eigenvalue weighted by atomic mass is 9.86. The molecule has 1 heterocycles. The number of hydrogen-bond donors (Lipinski definition) is 0. The number of benzene rings is 2. The smallest absolute Gasteiger partial charge is 0.0909 e. The van der Waals surface area contributed by atoms with Crippen molar-refractivity contribution in [2.75, 3.05) is 26.3 Å². The van der Waals surface area contributed by atoms with Gasteiger partial charge in [0.15, 0.2) is 0 Å². The molecule has 2 aromatic rings. The molecule has 3 nitrogen and oxygen atoms in total. The van der Waals surface area contributed by atoms with E-state index >= 15 is 0 Å². The zero-order valence-corrected chi connectivity index (χ0v) is 15.4. The zero-order chi connectivity index (χ0) is 16.9. The van der Waals surface area contributed by atoms with E-state index in [9.17, 15) is 5.26 Å². The lowest BCUT2D eigenvalue weighted by molar-refractivity contribution is 0.0134. The molecule has 1 aliphatic rings. The lowest BCUT2D eigenvalue weighted by Gasteiger charge is -2.37. The van der Waals surface area contributed by atoms with Gasteiger partial charge in [0.05, 0.1) is 31.2 Å². The molecule has 0 aromatic heterocycles. The molecule has 0 unspecified atom stereocenters. The molecular formula is C20H21BrN2O. The molecule has 4 heteroatoms. The normalized spacial score (nSPS) is 17.9. The molecule has 124 valence electrons. The minimum atomic E-state index is -0.209. The topological polar surface area (TPSA) is 36.3 Å². The first-order valence-corrected chi connectivity index (χ1v) is 9.02. The molecule has 1 fully saturated rings. The highest BCUT2D eigenvalue weighted by molar-refractivity contribution is 9.10. The molecule has 0 spiro atoms. The van der Waals surface area contributed by atoms with Gasteiger partial charge >= 0.3 is 0 Å². The molecular weight excluding hydrogens is 364 g/mol. The second-order valence-corrected chi connectivity index (χ2v) is 7.08. The van der Waals surface area contributed by atoms with Crippen molar-refractivity contribution in [1.82, 2.24) is 4.90 Å². The molecule has 2 atom stereocenters. The van der Waals surface area contributed by atoms with E-state index in [0.29, 0.717) is 0 Å². The number of aryl methyl sites for hydroxylation is 1. The summed E-state index contributed by atoms with van der Waals surface area (Å²) in [6.45, 7) is 5.24. The Morgan fingerprint density at radius 2 is 1.58 bits per heavy atom. The van der Waals surface area contributed by atoms with Crippen LogP contribution in [0.2, 0.25) is 0 Å². The maximum Gasteiger partial charge on any atom is 0.0909 e. The molecule has 0 bridgehead atoms. The average Bonchev–Trinajstić information content (AvgIpc) is 2.62. The number of rotatable bonds is 4. The van der Waals surface area contributed by atoms with E-state index in [1.807, 2.05) is 24.3 Å². The van der Waals surface area contributed by atoms with Gasteiger partial charge in [-0.3, -0.25) is 4.90 Å². The van der Waals surface area contributed by atoms with E-state index in [2.05, 4.69) is 58.1 Å². The predicted octanol–water partition coefficient (Wildman–Crippen LogP) is 4.44. The maximum atomic E-state index is 9.95. The number of nitriles is 1. The maximum absolute atomic E-state index is 9.95. The molecule has 1 saturated heterocycles. The number of halogens is 1. The summed E-state index contributed by atoms with van der Waals surface area (Å²) in [6, 6.07) is 19.2. The molecule has 24 heavy (non-hydrogen) atoms. The van der Waals surface area contributed by atoms with Gasteiger partial charge in [0.2, 0.25) is 0 Å². The first-order chi connectivity index (χ1) is 11.7. The summed E-state index contributed by atoms with van der Waals surface area (Å²) in [5.74, 6) is -0.209. The summed E-state index contributed by atoms with van der Waals surface area (Å²) in [6.07, 6.45) is 0. The molecule has 0 N–H and O–H groups in total. The summed E-state index contributed by atoms with van der Waals surface area (Å²) in [5.41, 5.74) is 3.48. The van der Waals surface area contributed by atoms with Crippen LogP contribution >= 0.6 is 15.9 Å². The minimum absolute atomic E-state index is 0.0423. The van der Waals surface area contributed by atoms with E-state index in [4.69, 9.17) is 4.74 Å². The van der Waals surface area contributed by atoms with Crippen LogP contribution in [0.4, 0.5) is 0 Å². The van der Waals surface area contributed by atoms with Crippen LogP contribution in [0.1, 0.15) is 28.7 Å². The van der Waals surface area contributed by atoms with Crippen LogP contribution in [0, 0.1) is 18.3 Å². The SMILES string of the molecule is Cc1ccc([C@H]([C@@H](C#N)c2ccc(Br)cc2)N2CCOCC2)cc1. The Morgan fingerprint density at radius 1 is 1.00 bits per heavy atom. The summed E-state index contributed by atoms with van der Waals surface area (Å²) in [5, 5.41) is 9.95. The predicted molar refractivity (Wildman–Crippen MR) is 98.8 cm³/mol. The van der Waals surface area contributed by atoms with E-state index in [-0.39, 0.29) is 12.0 Å². The third-order valence-electron chi connectivity index (χ3n) is 4.54. The molecule has 0 saturated carbocycles. The fourth-order valence-corrected chi connectivity index (χ4v) is 3.50. The Bertz CT molecular complexity index is 700. The Hall–Kier alpha value is -1.67. The third kappa shape index (κ3) is 3.87. The van der Waals surface area contributed by atoms with Crippen LogP contribution in [0.25, 0.3) is 0 Å². The van der Waals surface area contributed by atoms with Crippen molar-refractivity contribution in [2.24, 2.45) is 0 Å². The van der Waals surface area contributed by atoms with Crippen LogP contribution in [0.3, 0.4) is 0 Å². The van der Waals surface area contributed by atoms with Gasteiger partial charge in [0.1, 0.15) is 0 Å². The van der Waals surface area contributed by atoms with Gasteiger partial charge < -0.3 is 4.74 Å². The van der Waals surface area contributed by atoms with Crippen LogP contribution in [0.15, 0.2) is 53.0 Å². The Morgan fingerprint density at radius 3 is 2.17 bits per heavy atom. The highest BCUT2D eigenvalue weighted by atomic mass is 79.9. The Balaban J connectivity index is 1.99. The van der Waals surface area contributed by atoms with Crippen molar-refractivity contribution in [3.8, 4) is 6.07 Å². The summed E-state index contributed by atoms with van der Waals surface area (Å²) >= 11 is 3.47. The van der Waals surface area contributed by atoms with Crippen molar-refractivity contribution >= 4 is 15.9 Å². The van der Waals surface area contributed by atoms with Gasteiger partial charge in [0.25, 0.3) is 0 Å². The van der Waals surface area contributed by atoms with Crippen molar-refractivity contribution in [3.63, 3.8) is 0 Å². The molecule has 0 aliphatic carbocycles. The molecule has 0 radical (unpaired) electrons. The van der Waals surface area contributed by atoms with E-state index in [1.54, 1.807) is 0 Å². The molecule has 0 amide bonds. The van der Waals surface area contributed by atoms with Crippen LogP contribution in [-0.2, 0) is 4.74 Å². The zero-order valence-electron chi connectivity index (χ0n) is 13.8. The van der Waals surface area contributed by atoms with E-state index in [0.717, 1.165) is 36.3 Å². The van der Waals surface area contributed by atoms with Gasteiger partial charge in [-0.25, -0.2) is 0 Å². The van der Waals surface area contributed by atoms with E-state index < -0.39 is 0 Å². The second kappa shape index (κ2) is 7.94. The summed E-state index contributed by atoms with van der Waals surface area (Å²) < 4.78 is 6.54. The highest BCUT2D eigenvalue weighted by Gasteiger charge is 2.31. The van der Waals surface area contributed by atoms with Crippen LogP contribution in [-0.4, -0.2) is 31.2 Å². The first-order valence-electron chi connectivity index (χ1n) is 8.22. The largest absolute Gasteiger partial charge is 0.379 e. The van der Waals surface area contributed by atoms with Crippen LogP contribution < -0.4 is 0 Å². The average molecular weight is 385 g/mol. The van der Waals surface area contributed by atoms with Crippen LogP contribution in [0.5, 0.6) is 0 Å². The van der Waals surface area contributed by atoms with Crippen molar-refractivity contribution in [3.05, 3.63) is 69.7 Å². The quantitative estimate of drug-likeness (QED) is 0.781. The number of nitrogens with zero attached hydrogens (tertiary/aromatic N) is 2. The van der Waals surface area contributed by atoms with Gasteiger partial charge in [0, 0.05) is 17.6 Å². The molecule has 3 rings (SSSR count). The molecule has 1 aliphatic heterocycles. The van der Waals surface area contributed by atoms with Crippen molar-refractivity contribution in [2.45, 2.75) is 18.9 Å². The van der Waals surface area contributed by atoms with Gasteiger partial charge in [-0.05, 0) is 30.2 Å². The second-order valence-electron chi connectivity index (χ2n) is 6.16. The standard InChI is InChI=1S/C20H21BrN2O/c1-15-2-4-17(5-3-15)20(23-10-12-24-13-11-23)19(14-22)16-6-8-18(21)9-7-16/h2-9,19-20H,10-13H2,1H3/t19-,20+/m0/s1. The third-order valence-corrected chi connectivity index (χ3v) is 5.07. The van der Waals surface area contributed by atoms with E-state index in [1.165, 1.54) is 11.1 Å². The van der Waals surface area contributed by atoms with Gasteiger partial charge in [-0.2, -0.15) is 5.26 Å². The fraction of sp³-hybridized carbons (Fsp3) is 0.350. The summed E-state index contributed by atoms with van der Waals surface area (Å²) in [4.78, 5) is 2.38. The minimum Gasteiger partial charge on any atom is -0.379 e. The van der Waals surface area contributed by atoms with Crippen molar-refractivity contribution in [1.29, 1.82) is 5.26 Å². The number of hydrogen-bond acceptors (Lipinski definition) is 3. The first kappa shape index (κ1) is 17.2.